The lowest BCUT2D eigenvalue weighted by Crippen LogP contribution is -2.32. The Hall–Kier alpha value is -1.47. The van der Waals surface area contributed by atoms with Crippen molar-refractivity contribution < 1.29 is 4.79 Å². The number of amides is 1. The standard InChI is InChI=1S/C12H13BrN2O/c1-3-4-8(2)15-12(16)10-6-5-9(13)7-11(10)14/h1,5-8H,4,14H2,2H3,(H,15,16). The van der Waals surface area contributed by atoms with Crippen LogP contribution in [0.3, 0.4) is 0 Å². The molecule has 0 saturated carbocycles. The van der Waals surface area contributed by atoms with Gasteiger partial charge >= 0.3 is 0 Å². The minimum absolute atomic E-state index is 0.0550. The molecule has 0 spiro atoms. The van der Waals surface area contributed by atoms with E-state index < -0.39 is 0 Å². The van der Waals surface area contributed by atoms with Gasteiger partial charge in [0, 0.05) is 22.6 Å². The van der Waals surface area contributed by atoms with Crippen LogP contribution in [0.15, 0.2) is 22.7 Å². The summed E-state index contributed by atoms with van der Waals surface area (Å²) >= 11 is 3.28. The summed E-state index contributed by atoms with van der Waals surface area (Å²) in [6.45, 7) is 1.85. The molecule has 0 saturated heterocycles. The van der Waals surface area contributed by atoms with Gasteiger partial charge in [-0.2, -0.15) is 0 Å². The van der Waals surface area contributed by atoms with Gasteiger partial charge in [0.05, 0.1) is 5.56 Å². The number of nitrogen functional groups attached to an aromatic ring is 1. The monoisotopic (exact) mass is 280 g/mol. The van der Waals surface area contributed by atoms with Crippen molar-refractivity contribution in [1.29, 1.82) is 0 Å². The van der Waals surface area contributed by atoms with Crippen LogP contribution in [0.25, 0.3) is 0 Å². The Bertz CT molecular complexity index is 437. The molecule has 1 atom stereocenters. The Morgan fingerprint density at radius 2 is 2.38 bits per heavy atom. The second-order valence-corrected chi connectivity index (χ2v) is 4.43. The van der Waals surface area contributed by atoms with Crippen molar-refractivity contribution in [2.45, 2.75) is 19.4 Å². The Morgan fingerprint density at radius 1 is 1.69 bits per heavy atom. The number of terminal acetylenes is 1. The lowest BCUT2D eigenvalue weighted by Gasteiger charge is -2.12. The molecule has 16 heavy (non-hydrogen) atoms. The highest BCUT2D eigenvalue weighted by atomic mass is 79.9. The van der Waals surface area contributed by atoms with Gasteiger partial charge in [0.25, 0.3) is 5.91 Å². The van der Waals surface area contributed by atoms with Crippen LogP contribution in [0.4, 0.5) is 5.69 Å². The summed E-state index contributed by atoms with van der Waals surface area (Å²) in [7, 11) is 0. The van der Waals surface area contributed by atoms with E-state index in [4.69, 9.17) is 12.2 Å². The third-order valence-electron chi connectivity index (χ3n) is 2.06. The average Bonchev–Trinajstić information content (AvgIpc) is 2.17. The zero-order valence-corrected chi connectivity index (χ0v) is 10.5. The number of benzene rings is 1. The third-order valence-corrected chi connectivity index (χ3v) is 2.55. The summed E-state index contributed by atoms with van der Waals surface area (Å²) in [5.41, 5.74) is 6.65. The second kappa shape index (κ2) is 5.57. The largest absolute Gasteiger partial charge is 0.398 e. The molecule has 0 heterocycles. The summed E-state index contributed by atoms with van der Waals surface area (Å²) in [5, 5.41) is 2.78. The van der Waals surface area contributed by atoms with Crippen LogP contribution in [0.2, 0.25) is 0 Å². The number of hydrogen-bond donors (Lipinski definition) is 2. The molecular formula is C12H13BrN2O. The summed E-state index contributed by atoms with van der Waals surface area (Å²) < 4.78 is 0.846. The molecule has 3 nitrogen and oxygen atoms in total. The van der Waals surface area contributed by atoms with E-state index in [1.807, 2.05) is 6.92 Å². The highest BCUT2D eigenvalue weighted by Gasteiger charge is 2.11. The zero-order chi connectivity index (χ0) is 12.1. The number of halogens is 1. The molecular weight excluding hydrogens is 268 g/mol. The van der Waals surface area contributed by atoms with E-state index >= 15 is 0 Å². The third kappa shape index (κ3) is 3.28. The molecule has 4 heteroatoms. The van der Waals surface area contributed by atoms with Gasteiger partial charge in [0.2, 0.25) is 0 Å². The first-order chi connectivity index (χ1) is 7.54. The van der Waals surface area contributed by atoms with Crippen LogP contribution in [-0.4, -0.2) is 11.9 Å². The van der Waals surface area contributed by atoms with E-state index in [1.165, 1.54) is 0 Å². The van der Waals surface area contributed by atoms with Crippen LogP contribution in [0.5, 0.6) is 0 Å². The molecule has 1 amide bonds. The van der Waals surface area contributed by atoms with Gasteiger partial charge in [-0.05, 0) is 25.1 Å². The zero-order valence-electron chi connectivity index (χ0n) is 8.96. The van der Waals surface area contributed by atoms with Crippen molar-refractivity contribution in [2.75, 3.05) is 5.73 Å². The predicted molar refractivity (Wildman–Crippen MR) is 68.9 cm³/mol. The second-order valence-electron chi connectivity index (χ2n) is 3.51. The molecule has 3 N–H and O–H groups in total. The smallest absolute Gasteiger partial charge is 0.253 e. The molecule has 0 aliphatic heterocycles. The van der Waals surface area contributed by atoms with E-state index in [9.17, 15) is 4.79 Å². The highest BCUT2D eigenvalue weighted by Crippen LogP contribution is 2.18. The average molecular weight is 281 g/mol. The van der Waals surface area contributed by atoms with E-state index in [1.54, 1.807) is 18.2 Å². The van der Waals surface area contributed by atoms with Gasteiger partial charge in [-0.1, -0.05) is 15.9 Å². The van der Waals surface area contributed by atoms with E-state index in [-0.39, 0.29) is 11.9 Å². The number of hydrogen-bond acceptors (Lipinski definition) is 2. The number of carbonyl (C=O) groups excluding carboxylic acids is 1. The number of carbonyl (C=O) groups is 1. The Kier molecular flexibility index (Phi) is 4.39. The Balaban J connectivity index is 2.78. The van der Waals surface area contributed by atoms with Gasteiger partial charge in [0.15, 0.2) is 0 Å². The maximum atomic E-state index is 11.8. The van der Waals surface area contributed by atoms with Gasteiger partial charge < -0.3 is 11.1 Å². The summed E-state index contributed by atoms with van der Waals surface area (Å²) in [4.78, 5) is 11.8. The fraction of sp³-hybridized carbons (Fsp3) is 0.250. The number of rotatable bonds is 3. The van der Waals surface area contributed by atoms with Crippen LogP contribution >= 0.6 is 15.9 Å². The Morgan fingerprint density at radius 3 is 2.94 bits per heavy atom. The topological polar surface area (TPSA) is 55.1 Å². The molecule has 84 valence electrons. The number of nitrogens with two attached hydrogens (primary N) is 1. The van der Waals surface area contributed by atoms with Crippen LogP contribution in [0, 0.1) is 12.3 Å². The number of anilines is 1. The number of nitrogens with one attached hydrogen (secondary N) is 1. The van der Waals surface area contributed by atoms with E-state index in [0.29, 0.717) is 17.7 Å². The van der Waals surface area contributed by atoms with Gasteiger partial charge in [0.1, 0.15) is 0 Å². The summed E-state index contributed by atoms with van der Waals surface area (Å²) in [6.07, 6.45) is 5.66. The molecule has 0 fully saturated rings. The van der Waals surface area contributed by atoms with Crippen molar-refractivity contribution in [1.82, 2.24) is 5.32 Å². The van der Waals surface area contributed by atoms with Crippen molar-refractivity contribution in [3.63, 3.8) is 0 Å². The molecule has 0 aromatic heterocycles. The normalized spacial score (nSPS) is 11.6. The molecule has 1 aromatic carbocycles. The maximum absolute atomic E-state index is 11.8. The van der Waals surface area contributed by atoms with Crippen LogP contribution < -0.4 is 11.1 Å². The maximum Gasteiger partial charge on any atom is 0.253 e. The first-order valence-electron chi connectivity index (χ1n) is 4.84. The lowest BCUT2D eigenvalue weighted by molar-refractivity contribution is 0.0942. The molecule has 1 rings (SSSR count). The summed E-state index contributed by atoms with van der Waals surface area (Å²) in [5.74, 6) is 2.29. The van der Waals surface area contributed by atoms with Crippen molar-refractivity contribution in [3.05, 3.63) is 28.2 Å². The van der Waals surface area contributed by atoms with Crippen molar-refractivity contribution in [3.8, 4) is 12.3 Å². The Labute approximate surface area is 104 Å². The minimum Gasteiger partial charge on any atom is -0.398 e. The van der Waals surface area contributed by atoms with E-state index in [2.05, 4.69) is 27.2 Å². The minimum atomic E-state index is -0.201. The molecule has 0 bridgehead atoms. The molecule has 1 aromatic rings. The SMILES string of the molecule is C#CCC(C)NC(=O)c1ccc(Br)cc1N. The quantitative estimate of drug-likeness (QED) is 0.659. The van der Waals surface area contributed by atoms with Crippen LogP contribution in [0.1, 0.15) is 23.7 Å². The lowest BCUT2D eigenvalue weighted by atomic mass is 10.1. The first kappa shape index (κ1) is 12.6. The molecule has 1 unspecified atom stereocenters. The first-order valence-corrected chi connectivity index (χ1v) is 5.63. The van der Waals surface area contributed by atoms with Gasteiger partial charge in [-0.15, -0.1) is 12.3 Å². The highest BCUT2D eigenvalue weighted by molar-refractivity contribution is 9.10. The van der Waals surface area contributed by atoms with Crippen molar-refractivity contribution in [2.24, 2.45) is 0 Å². The van der Waals surface area contributed by atoms with Crippen molar-refractivity contribution >= 4 is 27.5 Å². The van der Waals surface area contributed by atoms with Crippen LogP contribution in [-0.2, 0) is 0 Å². The van der Waals surface area contributed by atoms with Gasteiger partial charge in [-0.3, -0.25) is 4.79 Å². The van der Waals surface area contributed by atoms with E-state index in [0.717, 1.165) is 4.47 Å². The molecule has 0 aliphatic rings. The fourth-order valence-corrected chi connectivity index (χ4v) is 1.65. The summed E-state index contributed by atoms with van der Waals surface area (Å²) in [6, 6.07) is 5.09. The van der Waals surface area contributed by atoms with Gasteiger partial charge in [-0.25, -0.2) is 0 Å². The molecule has 0 aliphatic carbocycles. The fourth-order valence-electron chi connectivity index (χ4n) is 1.27. The molecule has 0 radical (unpaired) electrons. The predicted octanol–water partition coefficient (Wildman–Crippen LogP) is 2.17.